The Morgan fingerprint density at radius 2 is 2.21 bits per heavy atom. The fraction of sp³-hybridized carbons (Fsp3) is 0.619. The molecule has 1 saturated heterocycles. The van der Waals surface area contributed by atoms with Gasteiger partial charge in [0.15, 0.2) is 5.69 Å². The van der Waals surface area contributed by atoms with E-state index in [4.69, 9.17) is 13.7 Å². The number of aryl methyl sites for hydroxylation is 1. The summed E-state index contributed by atoms with van der Waals surface area (Å²) < 4.78 is 16.4. The number of morpholine rings is 1. The van der Waals surface area contributed by atoms with Crippen LogP contribution in [0.4, 0.5) is 0 Å². The Morgan fingerprint density at radius 1 is 1.36 bits per heavy atom. The van der Waals surface area contributed by atoms with Crippen LogP contribution < -0.4 is 0 Å². The maximum Gasteiger partial charge on any atom is 0.276 e. The topological polar surface area (TPSA) is 72.0 Å². The van der Waals surface area contributed by atoms with Crippen molar-refractivity contribution in [3.05, 3.63) is 41.2 Å². The van der Waals surface area contributed by atoms with Crippen LogP contribution in [0.5, 0.6) is 0 Å². The van der Waals surface area contributed by atoms with Gasteiger partial charge in [-0.25, -0.2) is 0 Å². The van der Waals surface area contributed by atoms with Crippen molar-refractivity contribution in [3.8, 4) is 0 Å². The number of hydrogen-bond donors (Lipinski definition) is 0. The van der Waals surface area contributed by atoms with E-state index >= 15 is 0 Å². The zero-order valence-electron chi connectivity index (χ0n) is 16.6. The number of rotatable bonds is 7. The molecule has 1 unspecified atom stereocenters. The van der Waals surface area contributed by atoms with E-state index < -0.39 is 0 Å². The molecule has 1 amide bonds. The van der Waals surface area contributed by atoms with Gasteiger partial charge in [0.05, 0.1) is 26.0 Å². The van der Waals surface area contributed by atoms with E-state index in [0.29, 0.717) is 24.7 Å². The monoisotopic (exact) mass is 387 g/mol. The number of hydrogen-bond acceptors (Lipinski definition) is 6. The molecule has 152 valence electrons. The molecule has 0 bridgehead atoms. The van der Waals surface area contributed by atoms with Gasteiger partial charge in [0.2, 0.25) is 0 Å². The molecule has 7 heteroatoms. The number of nitrogens with zero attached hydrogens (tertiary/aromatic N) is 3. The summed E-state index contributed by atoms with van der Waals surface area (Å²) in [4.78, 5) is 17.6. The normalized spacial score (nSPS) is 20.1. The largest absolute Gasteiger partial charge is 0.467 e. The van der Waals surface area contributed by atoms with Crippen LogP contribution in [0.2, 0.25) is 0 Å². The zero-order valence-corrected chi connectivity index (χ0v) is 16.6. The molecule has 28 heavy (non-hydrogen) atoms. The number of carbonyl (C=O) groups excluding carboxylic acids is 1. The van der Waals surface area contributed by atoms with E-state index in [1.54, 1.807) is 6.26 Å². The van der Waals surface area contributed by atoms with E-state index in [0.717, 1.165) is 75.6 Å². The molecule has 1 aliphatic carbocycles. The van der Waals surface area contributed by atoms with Crippen molar-refractivity contribution in [1.82, 2.24) is 15.0 Å². The summed E-state index contributed by atoms with van der Waals surface area (Å²) >= 11 is 0. The Labute approximate surface area is 165 Å². The van der Waals surface area contributed by atoms with Crippen molar-refractivity contribution < 1.29 is 18.5 Å². The molecule has 2 aromatic rings. The smallest absolute Gasteiger partial charge is 0.276 e. The van der Waals surface area contributed by atoms with Crippen LogP contribution in [-0.2, 0) is 24.1 Å². The van der Waals surface area contributed by atoms with Gasteiger partial charge in [-0.05, 0) is 37.3 Å². The molecule has 1 atom stereocenters. The number of furan rings is 1. The predicted molar refractivity (Wildman–Crippen MR) is 103 cm³/mol. The first-order chi connectivity index (χ1) is 13.7. The molecule has 2 aliphatic rings. The number of fused-ring (bicyclic) bond motifs is 1. The summed E-state index contributed by atoms with van der Waals surface area (Å²) in [7, 11) is 0. The maximum atomic E-state index is 13.3. The summed E-state index contributed by atoms with van der Waals surface area (Å²) in [5.74, 6) is 2.16. The highest BCUT2D eigenvalue weighted by Crippen LogP contribution is 2.28. The summed E-state index contributed by atoms with van der Waals surface area (Å²) in [6.07, 6.45) is 5.37. The van der Waals surface area contributed by atoms with Gasteiger partial charge in [-0.3, -0.25) is 9.69 Å². The first-order valence-electron chi connectivity index (χ1n) is 10.3. The fourth-order valence-electron chi connectivity index (χ4n) is 4.05. The van der Waals surface area contributed by atoms with Crippen LogP contribution in [0.15, 0.2) is 27.3 Å². The minimum Gasteiger partial charge on any atom is -0.467 e. The number of amides is 1. The molecule has 3 heterocycles. The standard InChI is InChI=1S/C21H29N3O4/c1-16-5-6-19-18(14-16)20(22-28-19)21(25)24(15-17-4-2-11-27-17)8-3-7-23-9-12-26-13-10-23/h2,4,11,16H,3,5-10,12-15H2,1H3. The molecule has 0 spiro atoms. The summed E-state index contributed by atoms with van der Waals surface area (Å²) in [5.41, 5.74) is 1.49. The highest BCUT2D eigenvalue weighted by molar-refractivity contribution is 5.93. The lowest BCUT2D eigenvalue weighted by atomic mass is 9.88. The first kappa shape index (κ1) is 19.2. The predicted octanol–water partition coefficient (Wildman–Crippen LogP) is 2.76. The molecule has 1 fully saturated rings. The quantitative estimate of drug-likeness (QED) is 0.727. The third-order valence-corrected chi connectivity index (χ3v) is 5.71. The second-order valence-corrected chi connectivity index (χ2v) is 7.89. The maximum absolute atomic E-state index is 13.3. The Balaban J connectivity index is 1.45. The van der Waals surface area contributed by atoms with Crippen molar-refractivity contribution in [2.24, 2.45) is 5.92 Å². The Hall–Kier alpha value is -2.12. The van der Waals surface area contributed by atoms with E-state index in [-0.39, 0.29) is 5.91 Å². The SMILES string of the molecule is CC1CCc2onc(C(=O)N(CCCN3CCOCC3)Cc3ccco3)c2C1. The van der Waals surface area contributed by atoms with E-state index in [1.807, 2.05) is 17.0 Å². The lowest BCUT2D eigenvalue weighted by Crippen LogP contribution is -2.39. The lowest BCUT2D eigenvalue weighted by molar-refractivity contribution is 0.0354. The molecule has 1 aliphatic heterocycles. The lowest BCUT2D eigenvalue weighted by Gasteiger charge is -2.28. The molecule has 2 aromatic heterocycles. The van der Waals surface area contributed by atoms with Crippen LogP contribution in [0.1, 0.15) is 47.3 Å². The van der Waals surface area contributed by atoms with Gasteiger partial charge in [-0.15, -0.1) is 0 Å². The molecule has 7 nitrogen and oxygen atoms in total. The summed E-state index contributed by atoms with van der Waals surface area (Å²) in [6, 6.07) is 3.76. The van der Waals surface area contributed by atoms with Gasteiger partial charge in [0, 0.05) is 38.2 Å². The number of carbonyl (C=O) groups is 1. The van der Waals surface area contributed by atoms with Gasteiger partial charge in [-0.2, -0.15) is 0 Å². The van der Waals surface area contributed by atoms with Gasteiger partial charge < -0.3 is 18.6 Å². The minimum absolute atomic E-state index is 0.0579. The van der Waals surface area contributed by atoms with E-state index in [9.17, 15) is 4.79 Å². The van der Waals surface area contributed by atoms with Crippen LogP contribution in [-0.4, -0.2) is 60.3 Å². The highest BCUT2D eigenvalue weighted by atomic mass is 16.5. The molecule has 0 N–H and O–H groups in total. The van der Waals surface area contributed by atoms with Crippen molar-refractivity contribution in [2.45, 2.75) is 39.2 Å². The Morgan fingerprint density at radius 3 is 3.00 bits per heavy atom. The summed E-state index contributed by atoms with van der Waals surface area (Å²) in [6.45, 7) is 7.78. The third kappa shape index (κ3) is 4.47. The van der Waals surface area contributed by atoms with Crippen LogP contribution >= 0.6 is 0 Å². The molecule has 4 rings (SSSR count). The molecular formula is C21H29N3O4. The second kappa shape index (κ2) is 8.92. The molecule has 0 aromatic carbocycles. The van der Waals surface area contributed by atoms with Crippen molar-refractivity contribution in [2.75, 3.05) is 39.4 Å². The van der Waals surface area contributed by atoms with E-state index in [2.05, 4.69) is 17.0 Å². The summed E-state index contributed by atoms with van der Waals surface area (Å²) in [5, 5.41) is 4.16. The second-order valence-electron chi connectivity index (χ2n) is 7.89. The van der Waals surface area contributed by atoms with Crippen molar-refractivity contribution in [3.63, 3.8) is 0 Å². The van der Waals surface area contributed by atoms with Crippen molar-refractivity contribution >= 4 is 5.91 Å². The molecular weight excluding hydrogens is 358 g/mol. The average molecular weight is 387 g/mol. The zero-order chi connectivity index (χ0) is 19.3. The van der Waals surface area contributed by atoms with Gasteiger partial charge in [0.25, 0.3) is 5.91 Å². The van der Waals surface area contributed by atoms with Gasteiger partial charge in [-0.1, -0.05) is 12.1 Å². The van der Waals surface area contributed by atoms with Crippen LogP contribution in [0.25, 0.3) is 0 Å². The average Bonchev–Trinajstić information content (AvgIpc) is 3.37. The van der Waals surface area contributed by atoms with Crippen LogP contribution in [0, 0.1) is 5.92 Å². The number of ether oxygens (including phenoxy) is 1. The Kier molecular flexibility index (Phi) is 6.12. The first-order valence-corrected chi connectivity index (χ1v) is 10.3. The minimum atomic E-state index is -0.0579. The number of aromatic nitrogens is 1. The van der Waals surface area contributed by atoms with Gasteiger partial charge >= 0.3 is 0 Å². The van der Waals surface area contributed by atoms with Crippen molar-refractivity contribution in [1.29, 1.82) is 0 Å². The fourth-order valence-corrected chi connectivity index (χ4v) is 4.05. The highest BCUT2D eigenvalue weighted by Gasteiger charge is 2.30. The van der Waals surface area contributed by atoms with E-state index in [1.165, 1.54) is 0 Å². The third-order valence-electron chi connectivity index (χ3n) is 5.71. The molecule has 0 radical (unpaired) electrons. The Bertz CT molecular complexity index is 765. The van der Waals surface area contributed by atoms with Gasteiger partial charge in [0.1, 0.15) is 11.5 Å². The molecule has 0 saturated carbocycles. The van der Waals surface area contributed by atoms with Crippen LogP contribution in [0.3, 0.4) is 0 Å².